The molecule has 0 aromatic heterocycles. The van der Waals surface area contributed by atoms with E-state index in [2.05, 4.69) is 54.4 Å². The van der Waals surface area contributed by atoms with Gasteiger partial charge in [-0.15, -0.1) is 0 Å². The molecule has 1 saturated heterocycles. The Morgan fingerprint density at radius 3 is 2.62 bits per heavy atom. The molecule has 1 heterocycles. The number of hydrogen-bond donors (Lipinski definition) is 1. The Hall–Kier alpha value is -0.860. The van der Waals surface area contributed by atoms with Gasteiger partial charge in [0.1, 0.15) is 0 Å². The number of rotatable bonds is 4. The van der Waals surface area contributed by atoms with E-state index in [0.29, 0.717) is 6.04 Å². The third-order valence-corrected chi connectivity index (χ3v) is 5.58. The molecule has 116 valence electrons. The van der Waals surface area contributed by atoms with Gasteiger partial charge in [-0.05, 0) is 63.6 Å². The molecule has 2 heteroatoms. The Morgan fingerprint density at radius 1 is 1.14 bits per heavy atom. The van der Waals surface area contributed by atoms with Crippen LogP contribution in [0, 0.1) is 0 Å². The number of hydrogen-bond acceptors (Lipinski definition) is 2. The van der Waals surface area contributed by atoms with Crippen molar-refractivity contribution in [3.8, 4) is 0 Å². The van der Waals surface area contributed by atoms with Gasteiger partial charge in [-0.1, -0.05) is 37.3 Å². The van der Waals surface area contributed by atoms with E-state index in [1.54, 1.807) is 5.56 Å². The Balaban J connectivity index is 1.75. The maximum Gasteiger partial charge on any atom is 0.0257 e. The van der Waals surface area contributed by atoms with E-state index in [-0.39, 0.29) is 0 Å². The standard InChI is InChI=1S/C19H30N2/c1-3-20-18-12-11-17(16-9-5-4-6-10-16)14-19(18)21-13-7-8-15(21)2/h4-6,9-10,15,17-20H,3,7-8,11-14H2,1-2H3. The molecule has 0 amide bonds. The monoisotopic (exact) mass is 286 g/mol. The number of nitrogens with zero attached hydrogens (tertiary/aromatic N) is 1. The summed E-state index contributed by atoms with van der Waals surface area (Å²) in [6.07, 6.45) is 6.74. The Morgan fingerprint density at radius 2 is 1.95 bits per heavy atom. The van der Waals surface area contributed by atoms with Gasteiger partial charge >= 0.3 is 0 Å². The molecule has 0 bridgehead atoms. The fourth-order valence-corrected chi connectivity index (χ4v) is 4.49. The minimum absolute atomic E-state index is 0.690. The van der Waals surface area contributed by atoms with Crippen molar-refractivity contribution < 1.29 is 0 Å². The first-order chi connectivity index (χ1) is 10.3. The SMILES string of the molecule is CCNC1CCC(c2ccccc2)CC1N1CCCC1C. The average Bonchev–Trinajstić information content (AvgIpc) is 2.95. The van der Waals surface area contributed by atoms with Crippen molar-refractivity contribution in [1.82, 2.24) is 10.2 Å². The topological polar surface area (TPSA) is 15.3 Å². The molecule has 21 heavy (non-hydrogen) atoms. The van der Waals surface area contributed by atoms with E-state index in [0.717, 1.165) is 24.5 Å². The number of nitrogens with one attached hydrogen (secondary N) is 1. The van der Waals surface area contributed by atoms with Crippen LogP contribution in [-0.2, 0) is 0 Å². The van der Waals surface area contributed by atoms with Crippen molar-refractivity contribution >= 4 is 0 Å². The second-order valence-electron chi connectivity index (χ2n) is 6.88. The lowest BCUT2D eigenvalue weighted by Gasteiger charge is -2.43. The van der Waals surface area contributed by atoms with E-state index in [4.69, 9.17) is 0 Å². The van der Waals surface area contributed by atoms with Crippen LogP contribution in [0.4, 0.5) is 0 Å². The second-order valence-corrected chi connectivity index (χ2v) is 6.88. The van der Waals surface area contributed by atoms with Gasteiger partial charge in [-0.25, -0.2) is 0 Å². The highest BCUT2D eigenvalue weighted by Crippen LogP contribution is 2.37. The zero-order valence-electron chi connectivity index (χ0n) is 13.6. The van der Waals surface area contributed by atoms with Crippen molar-refractivity contribution in [1.29, 1.82) is 0 Å². The van der Waals surface area contributed by atoms with Crippen LogP contribution >= 0.6 is 0 Å². The van der Waals surface area contributed by atoms with Crippen LogP contribution in [-0.4, -0.2) is 36.1 Å². The highest BCUT2D eigenvalue weighted by Gasteiger charge is 2.37. The van der Waals surface area contributed by atoms with Gasteiger partial charge in [0, 0.05) is 18.1 Å². The first-order valence-electron chi connectivity index (χ1n) is 8.83. The number of likely N-dealkylation sites (tertiary alicyclic amines) is 1. The predicted molar refractivity (Wildman–Crippen MR) is 89.7 cm³/mol. The third-order valence-electron chi connectivity index (χ3n) is 5.58. The molecule has 2 aliphatic rings. The highest BCUT2D eigenvalue weighted by molar-refractivity contribution is 5.21. The van der Waals surface area contributed by atoms with E-state index in [1.807, 2.05) is 0 Å². The van der Waals surface area contributed by atoms with Gasteiger partial charge in [0.15, 0.2) is 0 Å². The molecule has 2 nitrogen and oxygen atoms in total. The lowest BCUT2D eigenvalue weighted by atomic mass is 9.78. The molecule has 1 aromatic carbocycles. The van der Waals surface area contributed by atoms with E-state index in [1.165, 1.54) is 38.6 Å². The maximum absolute atomic E-state index is 3.76. The Bertz CT molecular complexity index is 430. The van der Waals surface area contributed by atoms with Gasteiger partial charge < -0.3 is 5.32 Å². The molecule has 2 fully saturated rings. The molecular formula is C19H30N2. The summed E-state index contributed by atoms with van der Waals surface area (Å²) in [5.74, 6) is 0.749. The van der Waals surface area contributed by atoms with E-state index >= 15 is 0 Å². The summed E-state index contributed by atoms with van der Waals surface area (Å²) in [7, 11) is 0. The lowest BCUT2D eigenvalue weighted by molar-refractivity contribution is 0.108. The van der Waals surface area contributed by atoms with Crippen LogP contribution in [0.5, 0.6) is 0 Å². The van der Waals surface area contributed by atoms with Crippen molar-refractivity contribution in [2.75, 3.05) is 13.1 Å². The summed E-state index contributed by atoms with van der Waals surface area (Å²) >= 11 is 0. The van der Waals surface area contributed by atoms with Gasteiger partial charge in [-0.3, -0.25) is 4.90 Å². The first kappa shape index (κ1) is 15.1. The summed E-state index contributed by atoms with van der Waals surface area (Å²) in [6, 6.07) is 13.3. The summed E-state index contributed by atoms with van der Waals surface area (Å²) < 4.78 is 0. The fraction of sp³-hybridized carbons (Fsp3) is 0.684. The lowest BCUT2D eigenvalue weighted by Crippen LogP contribution is -2.53. The van der Waals surface area contributed by atoms with E-state index in [9.17, 15) is 0 Å². The first-order valence-corrected chi connectivity index (χ1v) is 8.83. The predicted octanol–water partition coefficient (Wildman–Crippen LogP) is 3.79. The van der Waals surface area contributed by atoms with Crippen LogP contribution in [0.1, 0.15) is 57.4 Å². The smallest absolute Gasteiger partial charge is 0.0257 e. The molecule has 0 spiro atoms. The number of benzene rings is 1. The van der Waals surface area contributed by atoms with Gasteiger partial charge in [0.2, 0.25) is 0 Å². The summed E-state index contributed by atoms with van der Waals surface area (Å²) in [4.78, 5) is 2.79. The molecule has 4 atom stereocenters. The molecule has 3 rings (SSSR count). The second kappa shape index (κ2) is 6.93. The largest absolute Gasteiger partial charge is 0.313 e. The van der Waals surface area contributed by atoms with Gasteiger partial charge in [-0.2, -0.15) is 0 Å². The number of likely N-dealkylation sites (N-methyl/N-ethyl adjacent to an activating group) is 1. The molecule has 1 aromatic rings. The quantitative estimate of drug-likeness (QED) is 0.906. The van der Waals surface area contributed by atoms with Crippen LogP contribution in [0.3, 0.4) is 0 Å². The zero-order valence-corrected chi connectivity index (χ0v) is 13.6. The fourth-order valence-electron chi connectivity index (χ4n) is 4.49. The van der Waals surface area contributed by atoms with Crippen LogP contribution in [0.25, 0.3) is 0 Å². The normalized spacial score (nSPS) is 34.2. The van der Waals surface area contributed by atoms with Crippen molar-refractivity contribution in [3.63, 3.8) is 0 Å². The van der Waals surface area contributed by atoms with Gasteiger partial charge in [0.05, 0.1) is 0 Å². The maximum atomic E-state index is 3.76. The Labute approximate surface area is 129 Å². The summed E-state index contributed by atoms with van der Waals surface area (Å²) in [6.45, 7) is 7.06. The van der Waals surface area contributed by atoms with Gasteiger partial charge in [0.25, 0.3) is 0 Å². The molecule has 4 unspecified atom stereocenters. The van der Waals surface area contributed by atoms with E-state index < -0.39 is 0 Å². The molecule has 0 radical (unpaired) electrons. The average molecular weight is 286 g/mol. The van der Waals surface area contributed by atoms with Crippen molar-refractivity contribution in [2.24, 2.45) is 0 Å². The van der Waals surface area contributed by atoms with Crippen molar-refractivity contribution in [3.05, 3.63) is 35.9 Å². The molecule has 1 aliphatic carbocycles. The molecular weight excluding hydrogens is 256 g/mol. The van der Waals surface area contributed by atoms with Crippen LogP contribution < -0.4 is 5.32 Å². The Kier molecular flexibility index (Phi) is 4.97. The minimum Gasteiger partial charge on any atom is -0.313 e. The molecule has 1 aliphatic heterocycles. The summed E-state index contributed by atoms with van der Waals surface area (Å²) in [5, 5.41) is 3.76. The minimum atomic E-state index is 0.690. The van der Waals surface area contributed by atoms with Crippen molar-refractivity contribution in [2.45, 2.75) is 70.0 Å². The molecule has 1 saturated carbocycles. The molecule has 1 N–H and O–H groups in total. The summed E-state index contributed by atoms with van der Waals surface area (Å²) in [5.41, 5.74) is 1.55. The van der Waals surface area contributed by atoms with Crippen LogP contribution in [0.2, 0.25) is 0 Å². The zero-order chi connectivity index (χ0) is 14.7. The highest BCUT2D eigenvalue weighted by atomic mass is 15.2. The van der Waals surface area contributed by atoms with Crippen LogP contribution in [0.15, 0.2) is 30.3 Å². The third kappa shape index (κ3) is 3.32.